The Kier molecular flexibility index (Phi) is 2.92. The van der Waals surface area contributed by atoms with Gasteiger partial charge in [0.2, 0.25) is 15.9 Å². The van der Waals surface area contributed by atoms with Crippen molar-refractivity contribution < 1.29 is 17.9 Å². The van der Waals surface area contributed by atoms with Crippen molar-refractivity contribution in [3.8, 4) is 0 Å². The zero-order valence-corrected chi connectivity index (χ0v) is 13.2. The molecule has 2 atom stereocenters. The highest BCUT2D eigenvalue weighted by Crippen LogP contribution is 2.47. The lowest BCUT2D eigenvalue weighted by Gasteiger charge is -2.31. The molecule has 0 saturated carbocycles. The summed E-state index contributed by atoms with van der Waals surface area (Å²) >= 11 is 0. The molecule has 3 heterocycles. The number of sulfonamides is 1. The normalized spacial score (nSPS) is 31.6. The summed E-state index contributed by atoms with van der Waals surface area (Å²) in [6, 6.07) is 6.48. The second-order valence-corrected chi connectivity index (χ2v) is 8.03. The average molecular weight is 322 g/mol. The van der Waals surface area contributed by atoms with Crippen molar-refractivity contribution in [1.82, 2.24) is 9.21 Å². The second-order valence-electron chi connectivity index (χ2n) is 6.14. The predicted molar refractivity (Wildman–Crippen MR) is 78.5 cm³/mol. The van der Waals surface area contributed by atoms with Gasteiger partial charge in [-0.1, -0.05) is 12.1 Å². The van der Waals surface area contributed by atoms with Crippen molar-refractivity contribution >= 4 is 15.9 Å². The number of hydrogen-bond donors (Lipinski definition) is 0. The predicted octanol–water partition coefficient (Wildman–Crippen LogP) is 0.717. The Labute approximate surface area is 129 Å². The van der Waals surface area contributed by atoms with E-state index in [4.69, 9.17) is 4.74 Å². The lowest BCUT2D eigenvalue weighted by atomic mass is 10.1. The van der Waals surface area contributed by atoms with E-state index in [0.717, 1.165) is 5.56 Å². The number of carbonyl (C=O) groups excluding carboxylic acids is 1. The van der Waals surface area contributed by atoms with E-state index in [1.807, 2.05) is 13.0 Å². The molecule has 1 amide bonds. The van der Waals surface area contributed by atoms with Crippen LogP contribution in [0, 0.1) is 6.92 Å². The Bertz CT molecular complexity index is 748. The molecule has 118 valence electrons. The van der Waals surface area contributed by atoms with Gasteiger partial charge in [-0.05, 0) is 24.6 Å². The number of rotatable bonds is 2. The smallest absolute Gasteiger partial charge is 0.243 e. The van der Waals surface area contributed by atoms with Crippen molar-refractivity contribution in [2.45, 2.75) is 36.4 Å². The zero-order chi connectivity index (χ0) is 15.5. The third-order valence-electron chi connectivity index (χ3n) is 4.95. The molecule has 3 fully saturated rings. The molecule has 0 aromatic heterocycles. The van der Waals surface area contributed by atoms with Crippen LogP contribution in [0.2, 0.25) is 0 Å². The third-order valence-corrected chi connectivity index (χ3v) is 6.85. The highest BCUT2D eigenvalue weighted by molar-refractivity contribution is 7.89. The zero-order valence-electron chi connectivity index (χ0n) is 12.4. The van der Waals surface area contributed by atoms with Crippen molar-refractivity contribution in [1.29, 1.82) is 0 Å². The monoisotopic (exact) mass is 322 g/mol. The molecule has 1 aromatic carbocycles. The molecule has 4 rings (SSSR count). The number of ether oxygens (including phenoxy) is 1. The summed E-state index contributed by atoms with van der Waals surface area (Å²) in [6.07, 6.45) is 0.763. The van der Waals surface area contributed by atoms with E-state index in [9.17, 15) is 13.2 Å². The van der Waals surface area contributed by atoms with Crippen LogP contribution in [0.25, 0.3) is 0 Å². The topological polar surface area (TPSA) is 66.9 Å². The highest BCUT2D eigenvalue weighted by atomic mass is 32.2. The summed E-state index contributed by atoms with van der Waals surface area (Å²) in [7, 11) is -3.61. The van der Waals surface area contributed by atoms with Gasteiger partial charge in [-0.25, -0.2) is 8.42 Å². The first-order valence-electron chi connectivity index (χ1n) is 7.48. The Morgan fingerprint density at radius 1 is 1.32 bits per heavy atom. The molecule has 0 N–H and O–H groups in total. The summed E-state index contributed by atoms with van der Waals surface area (Å²) in [5, 5.41) is 0. The summed E-state index contributed by atoms with van der Waals surface area (Å²) < 4.78 is 33.2. The van der Waals surface area contributed by atoms with Crippen LogP contribution in [0.1, 0.15) is 18.4 Å². The molecule has 22 heavy (non-hydrogen) atoms. The number of carbonyl (C=O) groups is 1. The SMILES string of the molecule is Cc1cccc(S(=O)(=O)N2CC[C@@]34OCCN3C(=O)C[C@@H]24)c1. The molecule has 6 nitrogen and oxygen atoms in total. The van der Waals surface area contributed by atoms with Crippen LogP contribution in [0.5, 0.6) is 0 Å². The molecule has 7 heteroatoms. The van der Waals surface area contributed by atoms with Crippen LogP contribution in [-0.4, -0.2) is 55.0 Å². The highest BCUT2D eigenvalue weighted by Gasteiger charge is 2.64. The second kappa shape index (κ2) is 4.53. The number of hydrogen-bond acceptors (Lipinski definition) is 4. The van der Waals surface area contributed by atoms with Crippen molar-refractivity contribution in [3.63, 3.8) is 0 Å². The van der Waals surface area contributed by atoms with Gasteiger partial charge < -0.3 is 9.64 Å². The van der Waals surface area contributed by atoms with E-state index in [0.29, 0.717) is 26.1 Å². The minimum atomic E-state index is -3.61. The number of aryl methyl sites for hydroxylation is 1. The van der Waals surface area contributed by atoms with Crippen LogP contribution in [0.15, 0.2) is 29.2 Å². The molecular formula is C15H18N2O4S. The Morgan fingerprint density at radius 2 is 2.14 bits per heavy atom. The van der Waals surface area contributed by atoms with E-state index in [1.165, 1.54) is 4.31 Å². The van der Waals surface area contributed by atoms with Crippen molar-refractivity contribution in [2.75, 3.05) is 19.7 Å². The molecule has 0 bridgehead atoms. The van der Waals surface area contributed by atoms with Gasteiger partial charge >= 0.3 is 0 Å². The summed E-state index contributed by atoms with van der Waals surface area (Å²) in [4.78, 5) is 14.2. The summed E-state index contributed by atoms with van der Waals surface area (Å²) in [6.45, 7) is 3.31. The molecule has 0 radical (unpaired) electrons. The molecule has 1 aromatic rings. The fraction of sp³-hybridized carbons (Fsp3) is 0.533. The van der Waals surface area contributed by atoms with E-state index >= 15 is 0 Å². The minimum absolute atomic E-state index is 0.00774. The van der Waals surface area contributed by atoms with Crippen LogP contribution >= 0.6 is 0 Å². The average Bonchev–Trinajstić information content (AvgIpc) is 3.10. The Morgan fingerprint density at radius 3 is 2.91 bits per heavy atom. The molecule has 0 unspecified atom stereocenters. The van der Waals surface area contributed by atoms with Gasteiger partial charge in [0.1, 0.15) is 0 Å². The Balaban J connectivity index is 1.74. The molecular weight excluding hydrogens is 304 g/mol. The van der Waals surface area contributed by atoms with Crippen LogP contribution in [-0.2, 0) is 19.6 Å². The molecule has 3 aliphatic rings. The van der Waals surface area contributed by atoms with Gasteiger partial charge in [0.15, 0.2) is 5.72 Å². The Hall–Kier alpha value is -1.44. The van der Waals surface area contributed by atoms with Gasteiger partial charge in [-0.15, -0.1) is 0 Å². The number of amides is 1. The van der Waals surface area contributed by atoms with Crippen molar-refractivity contribution in [2.24, 2.45) is 0 Å². The fourth-order valence-corrected chi connectivity index (χ4v) is 5.72. The van der Waals surface area contributed by atoms with Crippen LogP contribution in [0.4, 0.5) is 0 Å². The first kappa shape index (κ1) is 14.2. The van der Waals surface area contributed by atoms with Crippen molar-refractivity contribution in [3.05, 3.63) is 29.8 Å². The number of benzene rings is 1. The summed E-state index contributed by atoms with van der Waals surface area (Å²) in [5.41, 5.74) is 0.171. The van der Waals surface area contributed by atoms with Gasteiger partial charge in [0, 0.05) is 25.9 Å². The molecule has 0 aliphatic carbocycles. The maximum atomic E-state index is 13.0. The van der Waals surface area contributed by atoms with Crippen LogP contribution in [0.3, 0.4) is 0 Å². The standard InChI is InChI=1S/C15H18N2O4S/c1-11-3-2-4-12(9-11)22(19,20)17-6-5-15-13(17)10-14(18)16(15)7-8-21-15/h2-4,9,13H,5-8,10H2,1H3/t13-,15+/m1/s1. The van der Waals surface area contributed by atoms with Crippen LogP contribution < -0.4 is 0 Å². The fourth-order valence-electron chi connectivity index (χ4n) is 3.95. The minimum Gasteiger partial charge on any atom is -0.352 e. The van der Waals surface area contributed by atoms with Gasteiger partial charge in [-0.3, -0.25) is 4.79 Å². The maximum absolute atomic E-state index is 13.0. The van der Waals surface area contributed by atoms with E-state index in [-0.39, 0.29) is 17.2 Å². The van der Waals surface area contributed by atoms with E-state index < -0.39 is 21.8 Å². The quantitative estimate of drug-likeness (QED) is 0.804. The van der Waals surface area contributed by atoms with Gasteiger partial charge in [0.25, 0.3) is 0 Å². The first-order chi connectivity index (χ1) is 10.4. The maximum Gasteiger partial charge on any atom is 0.243 e. The first-order valence-corrected chi connectivity index (χ1v) is 8.92. The molecule has 3 saturated heterocycles. The van der Waals surface area contributed by atoms with E-state index in [2.05, 4.69) is 0 Å². The largest absolute Gasteiger partial charge is 0.352 e. The molecule has 3 aliphatic heterocycles. The van der Waals surface area contributed by atoms with E-state index in [1.54, 1.807) is 23.1 Å². The lowest BCUT2D eigenvalue weighted by Crippen LogP contribution is -2.48. The third kappa shape index (κ3) is 1.73. The number of nitrogens with zero attached hydrogens (tertiary/aromatic N) is 2. The van der Waals surface area contributed by atoms with Gasteiger partial charge in [0.05, 0.1) is 17.5 Å². The summed E-state index contributed by atoms with van der Waals surface area (Å²) in [5.74, 6) is -0.00774. The lowest BCUT2D eigenvalue weighted by molar-refractivity contribution is -0.136. The molecule has 1 spiro atoms. The van der Waals surface area contributed by atoms with Gasteiger partial charge in [-0.2, -0.15) is 4.31 Å².